The van der Waals surface area contributed by atoms with E-state index < -0.39 is 5.54 Å². The second-order valence-electron chi connectivity index (χ2n) is 6.65. The van der Waals surface area contributed by atoms with Crippen molar-refractivity contribution in [3.63, 3.8) is 0 Å². The molecular formula is C16H19N3O2. The van der Waals surface area contributed by atoms with Crippen molar-refractivity contribution < 1.29 is 9.32 Å². The first-order valence-corrected chi connectivity index (χ1v) is 7.45. The maximum atomic E-state index is 12.5. The molecule has 5 heteroatoms. The highest BCUT2D eigenvalue weighted by Crippen LogP contribution is 2.49. The molecule has 2 atom stereocenters. The quantitative estimate of drug-likeness (QED) is 0.899. The zero-order valence-corrected chi connectivity index (χ0v) is 12.2. The Hall–Kier alpha value is -1.88. The van der Waals surface area contributed by atoms with Gasteiger partial charge in [0.05, 0.1) is 5.54 Å². The van der Waals surface area contributed by atoms with Crippen molar-refractivity contribution in [2.24, 2.45) is 17.8 Å². The average molecular weight is 285 g/mol. The van der Waals surface area contributed by atoms with E-state index in [0.717, 1.165) is 29.8 Å². The molecule has 1 aromatic carbocycles. The monoisotopic (exact) mass is 285 g/mol. The topological polar surface area (TPSA) is 67.2 Å². The Morgan fingerprint density at radius 1 is 1.33 bits per heavy atom. The van der Waals surface area contributed by atoms with Crippen LogP contribution in [-0.2, 0) is 10.3 Å². The molecule has 2 N–H and O–H groups in total. The lowest BCUT2D eigenvalue weighted by Gasteiger charge is -2.24. The van der Waals surface area contributed by atoms with Crippen LogP contribution >= 0.6 is 0 Å². The van der Waals surface area contributed by atoms with Gasteiger partial charge in [-0.25, -0.2) is 0 Å². The molecule has 110 valence electrons. The summed E-state index contributed by atoms with van der Waals surface area (Å²) in [4.78, 5) is 12.5. The van der Waals surface area contributed by atoms with Gasteiger partial charge in [-0.2, -0.15) is 0 Å². The van der Waals surface area contributed by atoms with Crippen molar-refractivity contribution >= 4 is 16.9 Å². The van der Waals surface area contributed by atoms with Crippen LogP contribution in [0.2, 0.25) is 0 Å². The lowest BCUT2D eigenvalue weighted by Crippen LogP contribution is -2.43. The molecule has 5 nitrogen and oxygen atoms in total. The molecule has 0 spiro atoms. The Morgan fingerprint density at radius 3 is 2.81 bits per heavy atom. The molecule has 2 aromatic rings. The molecule has 0 bridgehead atoms. The predicted octanol–water partition coefficient (Wildman–Crippen LogP) is 1.64. The minimum absolute atomic E-state index is 0.142. The van der Waals surface area contributed by atoms with E-state index >= 15 is 0 Å². The zero-order chi connectivity index (χ0) is 14.6. The summed E-state index contributed by atoms with van der Waals surface area (Å²) in [7, 11) is 0. The summed E-state index contributed by atoms with van der Waals surface area (Å²) >= 11 is 0. The second-order valence-corrected chi connectivity index (χ2v) is 6.65. The number of carbonyl (C=O) groups is 1. The van der Waals surface area contributed by atoms with E-state index in [1.165, 1.54) is 0 Å². The Balaban J connectivity index is 1.57. The van der Waals surface area contributed by atoms with Gasteiger partial charge in [0.1, 0.15) is 5.69 Å². The Bertz CT molecular complexity index is 696. The molecule has 1 amide bonds. The van der Waals surface area contributed by atoms with Gasteiger partial charge in [-0.05, 0) is 50.9 Å². The van der Waals surface area contributed by atoms with Crippen molar-refractivity contribution in [1.82, 2.24) is 15.8 Å². The first kappa shape index (κ1) is 12.8. The third kappa shape index (κ3) is 1.95. The maximum Gasteiger partial charge on any atom is 0.224 e. The van der Waals surface area contributed by atoms with Crippen LogP contribution in [0.15, 0.2) is 28.8 Å². The van der Waals surface area contributed by atoms with Crippen LogP contribution in [0.5, 0.6) is 0 Å². The summed E-state index contributed by atoms with van der Waals surface area (Å²) in [5, 5.41) is 11.6. The Labute approximate surface area is 123 Å². The first-order valence-electron chi connectivity index (χ1n) is 7.45. The number of hydrogen-bond donors (Lipinski definition) is 2. The molecule has 4 rings (SSSR count). The number of para-hydroxylation sites is 1. The van der Waals surface area contributed by atoms with Gasteiger partial charge in [0.2, 0.25) is 5.91 Å². The first-order chi connectivity index (χ1) is 10.1. The fourth-order valence-electron chi connectivity index (χ4n) is 3.59. The minimum atomic E-state index is -0.534. The predicted molar refractivity (Wildman–Crippen MR) is 78.5 cm³/mol. The fraction of sp³-hybridized carbons (Fsp3) is 0.500. The summed E-state index contributed by atoms with van der Waals surface area (Å²) < 4.78 is 5.36. The lowest BCUT2D eigenvalue weighted by molar-refractivity contribution is -0.124. The minimum Gasteiger partial charge on any atom is -0.356 e. The molecule has 2 aliphatic rings. The lowest BCUT2D eigenvalue weighted by atomic mass is 9.96. The normalized spacial score (nSPS) is 27.6. The SMILES string of the molecule is CC(C)(NC(=O)C1C2CNCC21)c1noc2ccccc12. The van der Waals surface area contributed by atoms with Gasteiger partial charge < -0.3 is 15.2 Å². The third-order valence-electron chi connectivity index (χ3n) is 4.80. The second kappa shape index (κ2) is 4.31. The van der Waals surface area contributed by atoms with E-state index in [1.807, 2.05) is 38.1 Å². The highest BCUT2D eigenvalue weighted by atomic mass is 16.5. The van der Waals surface area contributed by atoms with Crippen LogP contribution in [0.3, 0.4) is 0 Å². The van der Waals surface area contributed by atoms with Crippen molar-refractivity contribution in [3.05, 3.63) is 30.0 Å². The van der Waals surface area contributed by atoms with Gasteiger partial charge in [0.25, 0.3) is 0 Å². The number of carbonyl (C=O) groups excluding carboxylic acids is 1. The van der Waals surface area contributed by atoms with E-state index in [0.29, 0.717) is 11.8 Å². The number of fused-ring (bicyclic) bond motifs is 2. The van der Waals surface area contributed by atoms with Crippen molar-refractivity contribution in [2.75, 3.05) is 13.1 Å². The number of amides is 1. The van der Waals surface area contributed by atoms with E-state index in [-0.39, 0.29) is 11.8 Å². The van der Waals surface area contributed by atoms with E-state index in [1.54, 1.807) is 0 Å². The van der Waals surface area contributed by atoms with Gasteiger partial charge in [-0.1, -0.05) is 17.3 Å². The molecule has 1 aromatic heterocycles. The third-order valence-corrected chi connectivity index (χ3v) is 4.80. The molecule has 0 radical (unpaired) electrons. The van der Waals surface area contributed by atoms with Crippen LogP contribution in [0.25, 0.3) is 11.0 Å². The van der Waals surface area contributed by atoms with Crippen molar-refractivity contribution in [3.8, 4) is 0 Å². The van der Waals surface area contributed by atoms with Gasteiger partial charge >= 0.3 is 0 Å². The largest absolute Gasteiger partial charge is 0.356 e. The smallest absolute Gasteiger partial charge is 0.224 e. The van der Waals surface area contributed by atoms with E-state index in [4.69, 9.17) is 4.52 Å². The van der Waals surface area contributed by atoms with Gasteiger partial charge in [0, 0.05) is 11.3 Å². The molecule has 2 heterocycles. The Kier molecular flexibility index (Phi) is 2.63. The molecule has 1 saturated heterocycles. The van der Waals surface area contributed by atoms with Crippen LogP contribution in [0, 0.1) is 17.8 Å². The molecule has 21 heavy (non-hydrogen) atoms. The highest BCUT2D eigenvalue weighted by molar-refractivity contribution is 5.85. The molecule has 1 saturated carbocycles. The summed E-state index contributed by atoms with van der Waals surface area (Å²) in [5.41, 5.74) is 1.01. The standard InChI is InChI=1S/C16H19N3O2/c1-16(2,14-9-5-3-4-6-12(9)21-19-14)18-15(20)13-10-7-17-8-11(10)13/h3-6,10-11,13,17H,7-8H2,1-2H3,(H,18,20). The number of rotatable bonds is 3. The fourth-order valence-corrected chi connectivity index (χ4v) is 3.59. The van der Waals surface area contributed by atoms with Gasteiger partial charge in [-0.15, -0.1) is 0 Å². The number of nitrogens with one attached hydrogen (secondary N) is 2. The Morgan fingerprint density at radius 2 is 2.05 bits per heavy atom. The number of nitrogens with zero attached hydrogens (tertiary/aromatic N) is 1. The van der Waals surface area contributed by atoms with Crippen LogP contribution in [-0.4, -0.2) is 24.2 Å². The van der Waals surface area contributed by atoms with E-state index in [9.17, 15) is 4.79 Å². The number of benzene rings is 1. The average Bonchev–Trinajstić information content (AvgIpc) is 2.82. The zero-order valence-electron chi connectivity index (χ0n) is 12.2. The molecule has 1 aliphatic heterocycles. The van der Waals surface area contributed by atoms with Crippen LogP contribution in [0.4, 0.5) is 0 Å². The van der Waals surface area contributed by atoms with Crippen LogP contribution < -0.4 is 10.6 Å². The maximum absolute atomic E-state index is 12.5. The number of aromatic nitrogens is 1. The highest BCUT2D eigenvalue weighted by Gasteiger charge is 2.57. The van der Waals surface area contributed by atoms with Crippen molar-refractivity contribution in [2.45, 2.75) is 19.4 Å². The molecular weight excluding hydrogens is 266 g/mol. The van der Waals surface area contributed by atoms with Crippen molar-refractivity contribution in [1.29, 1.82) is 0 Å². The summed E-state index contributed by atoms with van der Waals surface area (Å²) in [6, 6.07) is 7.74. The van der Waals surface area contributed by atoms with E-state index in [2.05, 4.69) is 15.8 Å². The summed E-state index contributed by atoms with van der Waals surface area (Å²) in [6.07, 6.45) is 0. The summed E-state index contributed by atoms with van der Waals surface area (Å²) in [5.74, 6) is 1.36. The molecule has 2 fully saturated rings. The number of piperidine rings is 1. The van der Waals surface area contributed by atoms with Crippen LogP contribution in [0.1, 0.15) is 19.5 Å². The van der Waals surface area contributed by atoms with Gasteiger partial charge in [-0.3, -0.25) is 4.79 Å². The van der Waals surface area contributed by atoms with Gasteiger partial charge in [0.15, 0.2) is 5.58 Å². The molecule has 1 aliphatic carbocycles. The number of hydrogen-bond acceptors (Lipinski definition) is 4. The molecule has 2 unspecified atom stereocenters. The summed E-state index contributed by atoms with van der Waals surface area (Å²) in [6.45, 7) is 5.89.